The zero-order chi connectivity index (χ0) is 7.49. The summed E-state index contributed by atoms with van der Waals surface area (Å²) in [6, 6.07) is 0. The summed E-state index contributed by atoms with van der Waals surface area (Å²) in [5.74, 6) is 0. The second-order valence-electron chi connectivity index (χ2n) is 3.06. The molecule has 56 valence electrons. The lowest BCUT2D eigenvalue weighted by molar-refractivity contribution is -0.882. The Morgan fingerprint density at radius 1 is 1.44 bits per heavy atom. The fourth-order valence-electron chi connectivity index (χ4n) is 0.494. The van der Waals surface area contributed by atoms with Crippen LogP contribution in [0.5, 0.6) is 0 Å². The molecule has 0 saturated carbocycles. The van der Waals surface area contributed by atoms with Gasteiger partial charge in [0, 0.05) is 6.42 Å². The molecule has 0 bridgehead atoms. The average Bonchev–Trinajstić information content (AvgIpc) is 1.64. The molecule has 0 amide bonds. The molecular weight excluding hydrogens is 138 g/mol. The van der Waals surface area contributed by atoms with Crippen LogP contribution in [0.4, 0.5) is 0 Å². The summed E-state index contributed by atoms with van der Waals surface area (Å²) in [5, 5.41) is 8.51. The van der Waals surface area contributed by atoms with Crippen molar-refractivity contribution >= 4 is 11.6 Å². The van der Waals surface area contributed by atoms with Gasteiger partial charge in [0.25, 0.3) is 0 Å². The summed E-state index contributed by atoms with van der Waals surface area (Å²) in [5.41, 5.74) is 0.0231. The topological polar surface area (TPSA) is 20.2 Å². The van der Waals surface area contributed by atoms with Crippen molar-refractivity contribution in [3.8, 4) is 0 Å². The minimum absolute atomic E-state index is 0.0231. The van der Waals surface area contributed by atoms with Crippen LogP contribution in [-0.4, -0.2) is 42.8 Å². The first-order valence-electron chi connectivity index (χ1n) is 3.04. The van der Waals surface area contributed by atoms with Gasteiger partial charge >= 0.3 is 0 Å². The Balaban J connectivity index is 3.59. The Morgan fingerprint density at radius 2 is 1.89 bits per heavy atom. The second kappa shape index (κ2) is 3.40. The number of alkyl halides is 1. The first kappa shape index (κ1) is 9.21. The number of hydrogen-bond donors (Lipinski definition) is 1. The van der Waals surface area contributed by atoms with Crippen molar-refractivity contribution in [3.63, 3.8) is 0 Å². The Bertz CT molecular complexity index is 79.6. The molecule has 0 aromatic rings. The normalized spacial score (nSPS) is 15.7. The van der Waals surface area contributed by atoms with Crippen LogP contribution < -0.4 is 0 Å². The van der Waals surface area contributed by atoms with E-state index in [0.717, 1.165) is 0 Å². The highest BCUT2D eigenvalue weighted by Gasteiger charge is 2.18. The smallest absolute Gasteiger partial charge is 0.166 e. The monoisotopic (exact) mass is 152 g/mol. The molecule has 0 rings (SSSR count). The van der Waals surface area contributed by atoms with Crippen molar-refractivity contribution < 1.29 is 9.59 Å². The van der Waals surface area contributed by atoms with Gasteiger partial charge in [0.2, 0.25) is 0 Å². The Morgan fingerprint density at radius 3 is 2.00 bits per heavy atom. The number of aliphatic hydroxyl groups excluding tert-OH is 1. The van der Waals surface area contributed by atoms with Gasteiger partial charge < -0.3 is 9.59 Å². The van der Waals surface area contributed by atoms with Gasteiger partial charge in [-0.3, -0.25) is 0 Å². The van der Waals surface area contributed by atoms with E-state index in [-0.39, 0.29) is 12.1 Å². The van der Waals surface area contributed by atoms with E-state index in [1.54, 1.807) is 0 Å². The quantitative estimate of drug-likeness (QED) is 0.358. The molecule has 0 spiro atoms. The van der Waals surface area contributed by atoms with Crippen molar-refractivity contribution in [1.82, 2.24) is 0 Å². The van der Waals surface area contributed by atoms with Crippen LogP contribution in [0.2, 0.25) is 0 Å². The molecule has 1 atom stereocenters. The molecule has 0 aliphatic carbocycles. The van der Waals surface area contributed by atoms with Crippen LogP contribution >= 0.6 is 11.6 Å². The molecule has 3 heteroatoms. The van der Waals surface area contributed by atoms with Crippen LogP contribution in [0.1, 0.15) is 6.42 Å². The molecule has 2 nitrogen and oxygen atoms in total. The van der Waals surface area contributed by atoms with E-state index >= 15 is 0 Å². The molecule has 0 fully saturated rings. The SMILES string of the molecule is C[N+](C)(C)[C@@H](Cl)CCO. The van der Waals surface area contributed by atoms with E-state index in [4.69, 9.17) is 16.7 Å². The van der Waals surface area contributed by atoms with Crippen molar-refractivity contribution in [3.05, 3.63) is 0 Å². The van der Waals surface area contributed by atoms with Crippen LogP contribution in [0, 0.1) is 0 Å². The van der Waals surface area contributed by atoms with Gasteiger partial charge in [0.1, 0.15) is 0 Å². The van der Waals surface area contributed by atoms with E-state index in [1.807, 2.05) is 21.1 Å². The van der Waals surface area contributed by atoms with Crippen molar-refractivity contribution in [2.24, 2.45) is 0 Å². The second-order valence-corrected chi connectivity index (χ2v) is 3.57. The standard InChI is InChI=1S/C6H15ClNO/c1-8(2,3)6(7)4-5-9/h6,9H,4-5H2,1-3H3/q+1/t6-/m1/s1. The summed E-state index contributed by atoms with van der Waals surface area (Å²) in [7, 11) is 6.02. The Hall–Kier alpha value is 0.210. The van der Waals surface area contributed by atoms with E-state index in [9.17, 15) is 0 Å². The molecule has 1 N–H and O–H groups in total. The maximum Gasteiger partial charge on any atom is 0.166 e. The lowest BCUT2D eigenvalue weighted by Gasteiger charge is -2.28. The molecule has 0 saturated heterocycles. The minimum Gasteiger partial charge on any atom is -0.396 e. The van der Waals surface area contributed by atoms with Crippen molar-refractivity contribution in [2.75, 3.05) is 27.7 Å². The molecule has 0 radical (unpaired) electrons. The minimum atomic E-state index is 0.0231. The molecule has 0 aliphatic heterocycles. The van der Waals surface area contributed by atoms with Gasteiger partial charge in [-0.05, 0) is 0 Å². The summed E-state index contributed by atoms with van der Waals surface area (Å²) >= 11 is 5.87. The number of aliphatic hydroxyl groups is 1. The molecule has 0 aliphatic rings. The zero-order valence-electron chi connectivity index (χ0n) is 6.26. The summed E-state index contributed by atoms with van der Waals surface area (Å²) in [6.45, 7) is 0.170. The number of hydrogen-bond acceptors (Lipinski definition) is 1. The lowest BCUT2D eigenvalue weighted by atomic mass is 10.4. The van der Waals surface area contributed by atoms with Gasteiger partial charge in [0.15, 0.2) is 5.50 Å². The summed E-state index contributed by atoms with van der Waals surface area (Å²) in [4.78, 5) is 0. The first-order chi connectivity index (χ1) is 3.98. The third-order valence-electron chi connectivity index (χ3n) is 1.21. The fourth-order valence-corrected chi connectivity index (χ4v) is 0.591. The third kappa shape index (κ3) is 3.73. The molecular formula is C6H15ClNO+. The van der Waals surface area contributed by atoms with E-state index in [0.29, 0.717) is 10.9 Å². The van der Waals surface area contributed by atoms with E-state index in [2.05, 4.69) is 0 Å². The van der Waals surface area contributed by atoms with E-state index in [1.165, 1.54) is 0 Å². The van der Waals surface area contributed by atoms with Gasteiger partial charge in [-0.15, -0.1) is 0 Å². The highest BCUT2D eigenvalue weighted by Crippen LogP contribution is 2.10. The summed E-state index contributed by atoms with van der Waals surface area (Å²) < 4.78 is 0.697. The molecule has 0 aromatic carbocycles. The lowest BCUT2D eigenvalue weighted by Crippen LogP contribution is -2.42. The first-order valence-corrected chi connectivity index (χ1v) is 3.48. The van der Waals surface area contributed by atoms with Gasteiger partial charge in [-0.2, -0.15) is 0 Å². The predicted molar refractivity (Wildman–Crippen MR) is 39.4 cm³/mol. The Labute approximate surface area is 61.6 Å². The van der Waals surface area contributed by atoms with Crippen LogP contribution in [0.3, 0.4) is 0 Å². The highest BCUT2D eigenvalue weighted by molar-refractivity contribution is 6.19. The maximum atomic E-state index is 8.51. The highest BCUT2D eigenvalue weighted by atomic mass is 35.5. The van der Waals surface area contributed by atoms with Gasteiger partial charge in [-0.25, -0.2) is 0 Å². The number of rotatable bonds is 3. The molecule has 0 aromatic heterocycles. The third-order valence-corrected chi connectivity index (χ3v) is 2.01. The molecule has 0 heterocycles. The predicted octanol–water partition coefficient (Wildman–Crippen LogP) is 0.640. The van der Waals surface area contributed by atoms with Crippen molar-refractivity contribution in [2.45, 2.75) is 11.9 Å². The van der Waals surface area contributed by atoms with Gasteiger partial charge in [0.05, 0.1) is 27.7 Å². The van der Waals surface area contributed by atoms with Crippen LogP contribution in [0.15, 0.2) is 0 Å². The van der Waals surface area contributed by atoms with Crippen molar-refractivity contribution in [1.29, 1.82) is 0 Å². The van der Waals surface area contributed by atoms with Crippen LogP contribution in [-0.2, 0) is 0 Å². The molecule has 9 heavy (non-hydrogen) atoms. The van der Waals surface area contributed by atoms with Crippen LogP contribution in [0.25, 0.3) is 0 Å². The largest absolute Gasteiger partial charge is 0.396 e. The number of quaternary nitrogens is 1. The zero-order valence-corrected chi connectivity index (χ0v) is 7.02. The van der Waals surface area contributed by atoms with Gasteiger partial charge in [-0.1, -0.05) is 11.6 Å². The van der Waals surface area contributed by atoms with E-state index < -0.39 is 0 Å². The Kier molecular flexibility index (Phi) is 3.48. The average molecular weight is 153 g/mol. The maximum absolute atomic E-state index is 8.51. The summed E-state index contributed by atoms with van der Waals surface area (Å²) in [6.07, 6.45) is 0.658. The fraction of sp³-hybridized carbons (Fsp3) is 1.00. The molecule has 0 unspecified atom stereocenters. The number of nitrogens with zero attached hydrogens (tertiary/aromatic N) is 1. The number of halogens is 1.